The smallest absolute Gasteiger partial charge is 0.417 e. The number of alkyl halides is 3. The molecule has 3 heterocycles. The van der Waals surface area contributed by atoms with Gasteiger partial charge in [0, 0.05) is 18.5 Å². The maximum absolute atomic E-state index is 12.8. The van der Waals surface area contributed by atoms with Crippen LogP contribution in [-0.4, -0.2) is 32.6 Å². The molecule has 0 unspecified atom stereocenters. The van der Waals surface area contributed by atoms with E-state index in [9.17, 15) is 18.0 Å². The molecule has 3 rings (SSSR count). The van der Waals surface area contributed by atoms with Gasteiger partial charge in [0.05, 0.1) is 24.8 Å². The van der Waals surface area contributed by atoms with Crippen LogP contribution in [0.2, 0.25) is 0 Å². The van der Waals surface area contributed by atoms with Crippen molar-refractivity contribution in [2.75, 3.05) is 7.11 Å². The van der Waals surface area contributed by atoms with Crippen molar-refractivity contribution in [3.8, 4) is 5.88 Å². The number of amides is 1. The first-order chi connectivity index (χ1) is 11.9. The Morgan fingerprint density at radius 1 is 1.24 bits per heavy atom. The minimum atomic E-state index is -4.48. The molecule has 0 aliphatic heterocycles. The molecule has 0 bridgehead atoms. The van der Waals surface area contributed by atoms with Crippen molar-refractivity contribution in [2.24, 2.45) is 0 Å². The molecular formula is C15H12F3N5O2. The molecule has 10 heteroatoms. The lowest BCUT2D eigenvalue weighted by Gasteiger charge is -2.08. The highest BCUT2D eigenvalue weighted by molar-refractivity contribution is 5.93. The summed E-state index contributed by atoms with van der Waals surface area (Å²) in [5.74, 6) is 0.0921. The Kier molecular flexibility index (Phi) is 4.26. The van der Waals surface area contributed by atoms with E-state index in [1.54, 1.807) is 0 Å². The number of carbonyl (C=O) groups is 1. The summed E-state index contributed by atoms with van der Waals surface area (Å²) in [5.41, 5.74) is -0.291. The summed E-state index contributed by atoms with van der Waals surface area (Å²) in [6, 6.07) is 5.19. The van der Waals surface area contributed by atoms with E-state index < -0.39 is 17.6 Å². The molecule has 7 nitrogen and oxygen atoms in total. The van der Waals surface area contributed by atoms with E-state index in [0.29, 0.717) is 5.88 Å². The highest BCUT2D eigenvalue weighted by atomic mass is 19.4. The molecule has 0 spiro atoms. The molecule has 1 amide bonds. The zero-order valence-corrected chi connectivity index (χ0v) is 12.9. The predicted molar refractivity (Wildman–Crippen MR) is 79.9 cm³/mol. The second-order valence-electron chi connectivity index (χ2n) is 5.03. The van der Waals surface area contributed by atoms with Gasteiger partial charge in [0.25, 0.3) is 5.91 Å². The highest BCUT2D eigenvalue weighted by Gasteiger charge is 2.31. The lowest BCUT2D eigenvalue weighted by Crippen LogP contribution is -2.24. The zero-order chi connectivity index (χ0) is 18.0. The minimum Gasteiger partial charge on any atom is -0.481 e. The summed E-state index contributed by atoms with van der Waals surface area (Å²) < 4.78 is 44.5. The fraction of sp³-hybridized carbons (Fsp3) is 0.200. The molecule has 0 saturated heterocycles. The van der Waals surface area contributed by atoms with Gasteiger partial charge in [0.1, 0.15) is 0 Å². The number of fused-ring (bicyclic) bond motifs is 1. The van der Waals surface area contributed by atoms with E-state index in [2.05, 4.69) is 20.5 Å². The van der Waals surface area contributed by atoms with Crippen LogP contribution in [0.3, 0.4) is 0 Å². The van der Waals surface area contributed by atoms with Crippen LogP contribution in [0.1, 0.15) is 21.7 Å². The summed E-state index contributed by atoms with van der Waals surface area (Å²) >= 11 is 0. The third-order valence-electron chi connectivity index (χ3n) is 3.41. The number of nitrogens with zero attached hydrogens (tertiary/aromatic N) is 4. The van der Waals surface area contributed by atoms with Gasteiger partial charge in [-0.2, -0.15) is 13.2 Å². The normalized spacial score (nSPS) is 11.5. The standard InChI is InChI=1S/C15H12F3N5O2/c1-25-13-5-2-9(6-19-13)14(24)20-7-12-22-21-11-4-3-10(8-23(11)12)15(16,17)18/h2-6,8H,7H2,1H3,(H,20,24). The minimum absolute atomic E-state index is 0.0899. The van der Waals surface area contributed by atoms with Gasteiger partial charge >= 0.3 is 6.18 Å². The number of aromatic nitrogens is 4. The fourth-order valence-corrected chi connectivity index (χ4v) is 2.12. The van der Waals surface area contributed by atoms with Gasteiger partial charge in [0.2, 0.25) is 5.88 Å². The van der Waals surface area contributed by atoms with Crippen LogP contribution in [0.15, 0.2) is 36.7 Å². The lowest BCUT2D eigenvalue weighted by molar-refractivity contribution is -0.137. The van der Waals surface area contributed by atoms with Crippen molar-refractivity contribution < 1.29 is 22.7 Å². The van der Waals surface area contributed by atoms with Gasteiger partial charge in [-0.1, -0.05) is 0 Å². The van der Waals surface area contributed by atoms with Crippen molar-refractivity contribution >= 4 is 11.6 Å². The largest absolute Gasteiger partial charge is 0.481 e. The topological polar surface area (TPSA) is 81.4 Å². The molecule has 25 heavy (non-hydrogen) atoms. The number of ether oxygens (including phenoxy) is 1. The number of halogens is 3. The molecule has 0 fully saturated rings. The van der Waals surface area contributed by atoms with Crippen LogP contribution in [0.4, 0.5) is 13.2 Å². The highest BCUT2D eigenvalue weighted by Crippen LogP contribution is 2.29. The van der Waals surface area contributed by atoms with Gasteiger partial charge in [0.15, 0.2) is 11.5 Å². The van der Waals surface area contributed by atoms with Gasteiger partial charge in [-0.3, -0.25) is 9.20 Å². The Bertz CT molecular complexity index is 906. The number of hydrogen-bond donors (Lipinski definition) is 1. The first kappa shape index (κ1) is 16.7. The first-order valence-electron chi connectivity index (χ1n) is 7.07. The molecule has 0 radical (unpaired) electrons. The molecular weight excluding hydrogens is 339 g/mol. The number of rotatable bonds is 4. The fourth-order valence-electron chi connectivity index (χ4n) is 2.12. The third-order valence-corrected chi connectivity index (χ3v) is 3.41. The zero-order valence-electron chi connectivity index (χ0n) is 12.9. The van der Waals surface area contributed by atoms with Gasteiger partial charge in [-0.05, 0) is 18.2 Å². The van der Waals surface area contributed by atoms with Gasteiger partial charge < -0.3 is 10.1 Å². The Morgan fingerprint density at radius 2 is 2.04 bits per heavy atom. The van der Waals surface area contributed by atoms with Crippen LogP contribution < -0.4 is 10.1 Å². The van der Waals surface area contributed by atoms with Crippen molar-refractivity contribution in [1.82, 2.24) is 24.9 Å². The lowest BCUT2D eigenvalue weighted by atomic mass is 10.2. The second kappa shape index (κ2) is 6.38. The summed E-state index contributed by atoms with van der Waals surface area (Å²) in [5, 5.41) is 10.2. The van der Waals surface area contributed by atoms with E-state index in [1.807, 2.05) is 0 Å². The average molecular weight is 351 g/mol. The van der Waals surface area contributed by atoms with Crippen LogP contribution in [0.5, 0.6) is 5.88 Å². The second-order valence-corrected chi connectivity index (χ2v) is 5.03. The van der Waals surface area contributed by atoms with E-state index in [4.69, 9.17) is 4.74 Å². The Morgan fingerprint density at radius 3 is 2.68 bits per heavy atom. The average Bonchev–Trinajstić information content (AvgIpc) is 3.01. The van der Waals surface area contributed by atoms with Crippen molar-refractivity contribution in [1.29, 1.82) is 0 Å². The predicted octanol–water partition coefficient (Wildman–Crippen LogP) is 2.08. The summed E-state index contributed by atoms with van der Waals surface area (Å²) in [4.78, 5) is 16.0. The monoisotopic (exact) mass is 351 g/mol. The molecule has 3 aromatic heterocycles. The number of carbonyl (C=O) groups excluding carboxylic acids is 1. The molecule has 1 N–H and O–H groups in total. The van der Waals surface area contributed by atoms with Crippen molar-refractivity contribution in [2.45, 2.75) is 12.7 Å². The van der Waals surface area contributed by atoms with Gasteiger partial charge in [-0.15, -0.1) is 10.2 Å². The maximum atomic E-state index is 12.8. The molecule has 0 atom stereocenters. The van der Waals surface area contributed by atoms with E-state index in [0.717, 1.165) is 12.3 Å². The Balaban J connectivity index is 1.77. The van der Waals surface area contributed by atoms with Crippen molar-refractivity contribution in [3.63, 3.8) is 0 Å². The van der Waals surface area contributed by atoms with E-state index in [1.165, 1.54) is 35.9 Å². The molecule has 0 saturated carbocycles. The number of pyridine rings is 2. The summed E-state index contributed by atoms with van der Waals surface area (Å²) in [7, 11) is 1.45. The van der Waals surface area contributed by atoms with Crippen LogP contribution >= 0.6 is 0 Å². The summed E-state index contributed by atoms with van der Waals surface area (Å²) in [6.45, 7) is -0.0899. The molecule has 130 valence electrons. The molecule has 0 aromatic carbocycles. The van der Waals surface area contributed by atoms with E-state index >= 15 is 0 Å². The quantitative estimate of drug-likeness (QED) is 0.778. The number of nitrogens with one attached hydrogen (secondary N) is 1. The first-order valence-corrected chi connectivity index (χ1v) is 7.07. The van der Waals surface area contributed by atoms with Crippen LogP contribution in [0, 0.1) is 0 Å². The third kappa shape index (κ3) is 3.52. The van der Waals surface area contributed by atoms with Crippen LogP contribution in [0.25, 0.3) is 5.65 Å². The van der Waals surface area contributed by atoms with E-state index in [-0.39, 0.29) is 23.6 Å². The Labute approximate surface area is 139 Å². The molecule has 0 aliphatic rings. The van der Waals surface area contributed by atoms with Crippen molar-refractivity contribution in [3.05, 3.63) is 53.6 Å². The SMILES string of the molecule is COc1ccc(C(=O)NCc2nnc3ccc(C(F)(F)F)cn23)cn1. The number of methoxy groups -OCH3 is 1. The summed E-state index contributed by atoms with van der Waals surface area (Å²) in [6.07, 6.45) is -2.25. The maximum Gasteiger partial charge on any atom is 0.417 e. The number of hydrogen-bond acceptors (Lipinski definition) is 5. The molecule has 0 aliphatic carbocycles. The van der Waals surface area contributed by atoms with Gasteiger partial charge in [-0.25, -0.2) is 4.98 Å². The Hall–Kier alpha value is -3.17. The van der Waals surface area contributed by atoms with Crippen LogP contribution in [-0.2, 0) is 12.7 Å². The molecule has 3 aromatic rings.